The van der Waals surface area contributed by atoms with Gasteiger partial charge in [-0.2, -0.15) is 0 Å². The second kappa shape index (κ2) is 10.2. The quantitative estimate of drug-likeness (QED) is 0.591. The molecule has 7 nitrogen and oxygen atoms in total. The lowest BCUT2D eigenvalue weighted by Gasteiger charge is -2.12. The van der Waals surface area contributed by atoms with Gasteiger partial charge in [0.25, 0.3) is 15.9 Å². The summed E-state index contributed by atoms with van der Waals surface area (Å²) in [5.74, 6) is -0.543. The van der Waals surface area contributed by atoms with Gasteiger partial charge < -0.3 is 10.1 Å². The normalized spacial score (nSPS) is 11.2. The minimum Gasteiger partial charge on any atom is -0.452 e. The maximum absolute atomic E-state index is 12.7. The number of rotatable bonds is 9. The first kappa shape index (κ1) is 23.4. The van der Waals surface area contributed by atoms with Crippen LogP contribution in [0.1, 0.15) is 41.8 Å². The lowest BCUT2D eigenvalue weighted by atomic mass is 10.1. The first-order valence-electron chi connectivity index (χ1n) is 9.72. The third-order valence-electron chi connectivity index (χ3n) is 4.38. The maximum atomic E-state index is 12.7. The molecule has 2 rings (SSSR count). The predicted octanol–water partition coefficient (Wildman–Crippen LogP) is 3.42. The highest BCUT2D eigenvalue weighted by Gasteiger charge is 2.17. The lowest BCUT2D eigenvalue weighted by molar-refractivity contribution is -0.124. The third-order valence-corrected chi connectivity index (χ3v) is 5.91. The molecule has 2 aromatic rings. The van der Waals surface area contributed by atoms with Crippen LogP contribution in [0.5, 0.6) is 0 Å². The van der Waals surface area contributed by atoms with Gasteiger partial charge >= 0.3 is 5.97 Å². The molecule has 0 radical (unpaired) electrons. The van der Waals surface area contributed by atoms with Gasteiger partial charge in [-0.25, -0.2) is 13.2 Å². The van der Waals surface area contributed by atoms with Gasteiger partial charge in [0.2, 0.25) is 0 Å². The molecule has 0 aromatic heterocycles. The Labute approximate surface area is 177 Å². The second-order valence-electron chi connectivity index (χ2n) is 7.56. The highest BCUT2D eigenvalue weighted by atomic mass is 32.2. The molecule has 0 saturated heterocycles. The number of anilines is 1. The fraction of sp³-hybridized carbons (Fsp3) is 0.364. The van der Waals surface area contributed by atoms with Crippen molar-refractivity contribution < 1.29 is 22.7 Å². The van der Waals surface area contributed by atoms with E-state index >= 15 is 0 Å². The Balaban J connectivity index is 1.95. The molecule has 0 saturated carbocycles. The van der Waals surface area contributed by atoms with Crippen LogP contribution in [0.15, 0.2) is 47.4 Å². The van der Waals surface area contributed by atoms with E-state index in [1.807, 2.05) is 13.0 Å². The summed E-state index contributed by atoms with van der Waals surface area (Å²) in [4.78, 5) is 24.0. The standard InChI is InChI=1S/C22H28N2O5S/c1-15(2)11-12-23-21(25)14-29-22(26)18-7-9-19(10-8-18)24-30(27,28)20-13-16(3)5-6-17(20)4/h5-10,13,15,24H,11-12,14H2,1-4H3,(H,23,25). The SMILES string of the molecule is Cc1ccc(C)c(S(=O)(=O)Nc2ccc(C(=O)OCC(=O)NCCC(C)C)cc2)c1. The highest BCUT2D eigenvalue weighted by molar-refractivity contribution is 7.92. The maximum Gasteiger partial charge on any atom is 0.338 e. The van der Waals surface area contributed by atoms with Gasteiger partial charge in [0.05, 0.1) is 10.5 Å². The minimum atomic E-state index is -3.76. The third kappa shape index (κ3) is 6.88. The van der Waals surface area contributed by atoms with Gasteiger partial charge in [-0.3, -0.25) is 9.52 Å². The molecule has 0 atom stereocenters. The molecule has 2 aromatic carbocycles. The molecule has 0 heterocycles. The fourth-order valence-electron chi connectivity index (χ4n) is 2.65. The highest BCUT2D eigenvalue weighted by Crippen LogP contribution is 2.21. The summed E-state index contributed by atoms with van der Waals surface area (Å²) >= 11 is 0. The van der Waals surface area contributed by atoms with E-state index < -0.39 is 16.0 Å². The number of ether oxygens (including phenoxy) is 1. The van der Waals surface area contributed by atoms with Gasteiger partial charge in [0.15, 0.2) is 6.61 Å². The van der Waals surface area contributed by atoms with Gasteiger partial charge in [-0.1, -0.05) is 26.0 Å². The van der Waals surface area contributed by atoms with Crippen LogP contribution in [0.4, 0.5) is 5.69 Å². The van der Waals surface area contributed by atoms with Crippen molar-refractivity contribution in [1.29, 1.82) is 0 Å². The molecule has 0 aliphatic rings. The molecule has 8 heteroatoms. The van der Waals surface area contributed by atoms with Gasteiger partial charge in [-0.05, 0) is 67.6 Å². The van der Waals surface area contributed by atoms with Crippen LogP contribution in [0.25, 0.3) is 0 Å². The number of benzene rings is 2. The van der Waals surface area contributed by atoms with Crippen LogP contribution in [0.3, 0.4) is 0 Å². The number of carbonyl (C=O) groups excluding carboxylic acids is 2. The van der Waals surface area contributed by atoms with Gasteiger partial charge in [0.1, 0.15) is 0 Å². The molecule has 0 aliphatic carbocycles. The van der Waals surface area contributed by atoms with Crippen LogP contribution in [-0.2, 0) is 19.6 Å². The molecule has 0 spiro atoms. The number of hydrogen-bond acceptors (Lipinski definition) is 5. The number of sulfonamides is 1. The molecule has 1 amide bonds. The van der Waals surface area contributed by atoms with E-state index in [0.29, 0.717) is 23.7 Å². The Morgan fingerprint density at radius 3 is 2.33 bits per heavy atom. The van der Waals surface area contributed by atoms with E-state index in [1.54, 1.807) is 19.1 Å². The first-order chi connectivity index (χ1) is 14.1. The van der Waals surface area contributed by atoms with Crippen molar-refractivity contribution in [2.24, 2.45) is 5.92 Å². The van der Waals surface area contributed by atoms with Crippen molar-refractivity contribution in [2.75, 3.05) is 17.9 Å². The summed E-state index contributed by atoms with van der Waals surface area (Å²) in [5.41, 5.74) is 2.02. The van der Waals surface area contributed by atoms with E-state index in [9.17, 15) is 18.0 Å². The topological polar surface area (TPSA) is 102 Å². The summed E-state index contributed by atoms with van der Waals surface area (Å²) in [7, 11) is -3.76. The van der Waals surface area contributed by atoms with E-state index in [4.69, 9.17) is 4.74 Å². The first-order valence-corrected chi connectivity index (χ1v) is 11.2. The summed E-state index contributed by atoms with van der Waals surface area (Å²) in [6.07, 6.45) is 0.846. The zero-order valence-electron chi connectivity index (χ0n) is 17.7. The fourth-order valence-corrected chi connectivity index (χ4v) is 4.04. The number of hydrogen-bond donors (Lipinski definition) is 2. The van der Waals surface area contributed by atoms with Crippen molar-refractivity contribution in [1.82, 2.24) is 5.32 Å². The minimum absolute atomic E-state index is 0.203. The van der Waals surface area contributed by atoms with Crippen molar-refractivity contribution in [3.63, 3.8) is 0 Å². The number of aryl methyl sites for hydroxylation is 2. The van der Waals surface area contributed by atoms with Gasteiger partial charge in [-0.15, -0.1) is 0 Å². The molecule has 0 unspecified atom stereocenters. The number of nitrogens with one attached hydrogen (secondary N) is 2. The van der Waals surface area contributed by atoms with E-state index in [2.05, 4.69) is 23.9 Å². The average Bonchev–Trinajstić information content (AvgIpc) is 2.68. The van der Waals surface area contributed by atoms with E-state index in [0.717, 1.165) is 12.0 Å². The zero-order chi connectivity index (χ0) is 22.3. The molecule has 30 heavy (non-hydrogen) atoms. The Morgan fingerprint density at radius 2 is 1.70 bits per heavy atom. The monoisotopic (exact) mass is 432 g/mol. The largest absolute Gasteiger partial charge is 0.452 e. The molecule has 0 bridgehead atoms. The zero-order valence-corrected chi connectivity index (χ0v) is 18.5. The van der Waals surface area contributed by atoms with Crippen LogP contribution >= 0.6 is 0 Å². The average molecular weight is 433 g/mol. The number of carbonyl (C=O) groups is 2. The predicted molar refractivity (Wildman–Crippen MR) is 116 cm³/mol. The Hall–Kier alpha value is -2.87. The van der Waals surface area contributed by atoms with Crippen LogP contribution in [-0.4, -0.2) is 33.4 Å². The second-order valence-corrected chi connectivity index (χ2v) is 9.21. The number of amides is 1. The molecule has 0 aliphatic heterocycles. The summed E-state index contributed by atoms with van der Waals surface area (Å²) in [5, 5.41) is 2.69. The Bertz CT molecular complexity index is 999. The van der Waals surface area contributed by atoms with Crippen LogP contribution in [0, 0.1) is 19.8 Å². The smallest absolute Gasteiger partial charge is 0.338 e. The Kier molecular flexibility index (Phi) is 8.00. The van der Waals surface area contributed by atoms with Crippen LogP contribution < -0.4 is 10.0 Å². The van der Waals surface area contributed by atoms with Crippen molar-refractivity contribution in [3.05, 3.63) is 59.2 Å². The lowest BCUT2D eigenvalue weighted by Crippen LogP contribution is -2.30. The summed E-state index contributed by atoms with van der Waals surface area (Å²) < 4.78 is 32.8. The van der Waals surface area contributed by atoms with Crippen molar-refractivity contribution >= 4 is 27.6 Å². The van der Waals surface area contributed by atoms with E-state index in [1.165, 1.54) is 24.3 Å². The van der Waals surface area contributed by atoms with Gasteiger partial charge in [0, 0.05) is 12.2 Å². The van der Waals surface area contributed by atoms with Crippen molar-refractivity contribution in [2.45, 2.75) is 39.0 Å². The number of esters is 1. The summed E-state index contributed by atoms with van der Waals surface area (Å²) in [6, 6.07) is 11.0. The van der Waals surface area contributed by atoms with Crippen molar-refractivity contribution in [3.8, 4) is 0 Å². The Morgan fingerprint density at radius 1 is 1.03 bits per heavy atom. The van der Waals surface area contributed by atoms with Crippen LogP contribution in [0.2, 0.25) is 0 Å². The van der Waals surface area contributed by atoms with E-state index in [-0.39, 0.29) is 23.0 Å². The summed E-state index contributed by atoms with van der Waals surface area (Å²) in [6.45, 7) is 7.83. The molecular weight excluding hydrogens is 404 g/mol. The molecule has 0 fully saturated rings. The molecule has 2 N–H and O–H groups in total. The molecule has 162 valence electrons. The molecular formula is C22H28N2O5S.